The topological polar surface area (TPSA) is 87.2 Å². The van der Waals surface area contributed by atoms with Crippen LogP contribution >= 0.6 is 0 Å². The summed E-state index contributed by atoms with van der Waals surface area (Å²) < 4.78 is 1.17. The number of anilines is 1. The van der Waals surface area contributed by atoms with Gasteiger partial charge in [0.2, 0.25) is 5.91 Å². The van der Waals surface area contributed by atoms with Crippen molar-refractivity contribution >= 4 is 11.6 Å². The van der Waals surface area contributed by atoms with Crippen LogP contribution in [0.15, 0.2) is 46.1 Å². The molecule has 0 aliphatic carbocycles. The van der Waals surface area contributed by atoms with Crippen molar-refractivity contribution < 1.29 is 4.79 Å². The lowest BCUT2D eigenvalue weighted by atomic mass is 10.1. The molecule has 3 rings (SSSR count). The molecule has 2 N–H and O–H groups in total. The van der Waals surface area contributed by atoms with Crippen molar-refractivity contribution in [1.29, 1.82) is 0 Å². The zero-order valence-electron chi connectivity index (χ0n) is 13.5. The minimum absolute atomic E-state index is 0.109. The number of nitrogens with one attached hydrogen (secondary N) is 2. The minimum atomic E-state index is -0.584. The third-order valence-electron chi connectivity index (χ3n) is 4.23. The Balaban J connectivity index is 1.54. The van der Waals surface area contributed by atoms with Crippen LogP contribution in [0.2, 0.25) is 0 Å². The van der Waals surface area contributed by atoms with E-state index in [1.165, 1.54) is 28.1 Å². The first-order valence-corrected chi connectivity index (χ1v) is 7.95. The van der Waals surface area contributed by atoms with E-state index in [2.05, 4.69) is 34.3 Å². The molecule has 1 aromatic carbocycles. The number of rotatable bonds is 5. The van der Waals surface area contributed by atoms with Crippen LogP contribution in [-0.2, 0) is 17.8 Å². The van der Waals surface area contributed by atoms with Crippen LogP contribution in [0.1, 0.15) is 12.5 Å². The van der Waals surface area contributed by atoms with Crippen molar-refractivity contribution in [3.63, 3.8) is 0 Å². The first-order chi connectivity index (χ1) is 11.5. The highest BCUT2D eigenvalue weighted by molar-refractivity contribution is 5.75. The molecule has 1 atom stereocenters. The van der Waals surface area contributed by atoms with Gasteiger partial charge >= 0.3 is 5.69 Å². The summed E-state index contributed by atoms with van der Waals surface area (Å²) in [6, 6.07) is 9.91. The number of H-pyrrole nitrogens is 1. The number of aromatic nitrogens is 2. The van der Waals surface area contributed by atoms with Crippen LogP contribution in [-0.4, -0.2) is 34.6 Å². The Morgan fingerprint density at radius 2 is 2.08 bits per heavy atom. The number of aromatic amines is 1. The highest BCUT2D eigenvalue weighted by Crippen LogP contribution is 2.30. The van der Waals surface area contributed by atoms with E-state index in [0.29, 0.717) is 19.1 Å². The highest BCUT2D eigenvalue weighted by Gasteiger charge is 2.24. The Morgan fingerprint density at radius 1 is 1.29 bits per heavy atom. The molecule has 2 aromatic rings. The second-order valence-corrected chi connectivity index (χ2v) is 5.96. The van der Waals surface area contributed by atoms with E-state index in [0.717, 1.165) is 6.42 Å². The average Bonchev–Trinajstić information content (AvgIpc) is 2.86. The molecule has 0 saturated heterocycles. The molecule has 0 saturated carbocycles. The molecule has 0 radical (unpaired) electrons. The summed E-state index contributed by atoms with van der Waals surface area (Å²) in [5.41, 5.74) is 1.49. The van der Waals surface area contributed by atoms with Crippen LogP contribution < -0.4 is 21.5 Å². The molecular formula is C17H20N4O3. The fraction of sp³-hybridized carbons (Fsp3) is 0.353. The molecule has 2 heterocycles. The van der Waals surface area contributed by atoms with Gasteiger partial charge in [-0.05, 0) is 25.0 Å². The van der Waals surface area contributed by atoms with Crippen molar-refractivity contribution in [3.8, 4) is 0 Å². The van der Waals surface area contributed by atoms with Gasteiger partial charge in [0.05, 0.1) is 0 Å². The number of carbonyl (C=O) groups excluding carboxylic acids is 1. The highest BCUT2D eigenvalue weighted by atomic mass is 16.2. The van der Waals surface area contributed by atoms with E-state index in [1.54, 1.807) is 0 Å². The second-order valence-electron chi connectivity index (χ2n) is 5.96. The largest absolute Gasteiger partial charge is 0.367 e. The molecule has 0 spiro atoms. The SMILES string of the molecule is CC1Cc2ccccc2N1CCNC(=O)Cn1ccc(=O)[nH]c1=O. The van der Waals surface area contributed by atoms with E-state index >= 15 is 0 Å². The number of amides is 1. The predicted octanol–water partition coefficient (Wildman–Crippen LogP) is 0.104. The molecular weight excluding hydrogens is 308 g/mol. The van der Waals surface area contributed by atoms with Gasteiger partial charge in [0.1, 0.15) is 6.54 Å². The maximum atomic E-state index is 12.0. The summed E-state index contributed by atoms with van der Waals surface area (Å²) in [5.74, 6) is -0.260. The van der Waals surface area contributed by atoms with Gasteiger partial charge in [-0.25, -0.2) is 4.79 Å². The number of hydrogen-bond donors (Lipinski definition) is 2. The summed E-state index contributed by atoms with van der Waals surface area (Å²) >= 11 is 0. The molecule has 0 bridgehead atoms. The third kappa shape index (κ3) is 3.40. The van der Waals surface area contributed by atoms with E-state index in [4.69, 9.17) is 0 Å². The predicted molar refractivity (Wildman–Crippen MR) is 91.3 cm³/mol. The van der Waals surface area contributed by atoms with Gasteiger partial charge in [-0.15, -0.1) is 0 Å². The quantitative estimate of drug-likeness (QED) is 0.815. The molecule has 126 valence electrons. The fourth-order valence-electron chi connectivity index (χ4n) is 3.07. The van der Waals surface area contributed by atoms with Gasteiger partial charge in [0, 0.05) is 37.1 Å². The molecule has 1 amide bonds. The van der Waals surface area contributed by atoms with Crippen molar-refractivity contribution in [2.45, 2.75) is 25.9 Å². The second kappa shape index (κ2) is 6.74. The Kier molecular flexibility index (Phi) is 4.50. The van der Waals surface area contributed by atoms with E-state index < -0.39 is 11.2 Å². The number of fused-ring (bicyclic) bond motifs is 1. The Labute approximate surface area is 138 Å². The molecule has 7 nitrogen and oxygen atoms in total. The third-order valence-corrected chi connectivity index (χ3v) is 4.23. The number of para-hydroxylation sites is 1. The molecule has 1 aliphatic rings. The maximum Gasteiger partial charge on any atom is 0.328 e. The number of hydrogen-bond acceptors (Lipinski definition) is 4. The molecule has 1 aromatic heterocycles. The smallest absolute Gasteiger partial charge is 0.328 e. The number of benzene rings is 1. The zero-order chi connectivity index (χ0) is 17.1. The minimum Gasteiger partial charge on any atom is -0.367 e. The van der Waals surface area contributed by atoms with Gasteiger partial charge in [0.25, 0.3) is 5.56 Å². The summed E-state index contributed by atoms with van der Waals surface area (Å²) in [4.78, 5) is 38.9. The monoisotopic (exact) mass is 328 g/mol. The van der Waals surface area contributed by atoms with Crippen molar-refractivity contribution in [1.82, 2.24) is 14.9 Å². The van der Waals surface area contributed by atoms with E-state index in [9.17, 15) is 14.4 Å². The molecule has 7 heteroatoms. The van der Waals surface area contributed by atoms with Gasteiger partial charge in [-0.1, -0.05) is 18.2 Å². The fourth-order valence-corrected chi connectivity index (χ4v) is 3.07. The van der Waals surface area contributed by atoms with Crippen LogP contribution in [0.3, 0.4) is 0 Å². The number of nitrogens with zero attached hydrogens (tertiary/aromatic N) is 2. The Bertz CT molecular complexity index is 855. The summed E-state index contributed by atoms with van der Waals surface area (Å²) in [6.07, 6.45) is 2.33. The first-order valence-electron chi connectivity index (χ1n) is 7.95. The maximum absolute atomic E-state index is 12.0. The lowest BCUT2D eigenvalue weighted by Crippen LogP contribution is -2.40. The lowest BCUT2D eigenvalue weighted by molar-refractivity contribution is -0.121. The van der Waals surface area contributed by atoms with Crippen LogP contribution in [0, 0.1) is 0 Å². The van der Waals surface area contributed by atoms with Gasteiger partial charge < -0.3 is 10.2 Å². The molecule has 0 fully saturated rings. The molecule has 1 unspecified atom stereocenters. The average molecular weight is 328 g/mol. The Hall–Kier alpha value is -2.83. The van der Waals surface area contributed by atoms with Gasteiger partial charge in [-0.2, -0.15) is 0 Å². The molecule has 1 aliphatic heterocycles. The van der Waals surface area contributed by atoms with Crippen molar-refractivity contribution in [2.75, 3.05) is 18.0 Å². The number of carbonyl (C=O) groups is 1. The normalized spacial score (nSPS) is 16.0. The van der Waals surface area contributed by atoms with Crippen molar-refractivity contribution in [3.05, 3.63) is 62.9 Å². The summed E-state index contributed by atoms with van der Waals surface area (Å²) in [5, 5.41) is 2.82. The first kappa shape index (κ1) is 16.0. The zero-order valence-corrected chi connectivity index (χ0v) is 13.5. The molecule has 24 heavy (non-hydrogen) atoms. The lowest BCUT2D eigenvalue weighted by Gasteiger charge is -2.25. The van der Waals surface area contributed by atoms with Crippen LogP contribution in [0.4, 0.5) is 5.69 Å². The van der Waals surface area contributed by atoms with E-state index in [-0.39, 0.29) is 12.5 Å². The summed E-state index contributed by atoms with van der Waals surface area (Å²) in [7, 11) is 0. The van der Waals surface area contributed by atoms with Gasteiger partial charge in [-0.3, -0.25) is 19.1 Å². The van der Waals surface area contributed by atoms with Crippen LogP contribution in [0.25, 0.3) is 0 Å². The van der Waals surface area contributed by atoms with Gasteiger partial charge in [0.15, 0.2) is 0 Å². The van der Waals surface area contributed by atoms with Crippen LogP contribution in [0.5, 0.6) is 0 Å². The van der Waals surface area contributed by atoms with Crippen molar-refractivity contribution in [2.24, 2.45) is 0 Å². The standard InChI is InChI=1S/C17H20N4O3/c1-12-10-13-4-2-3-5-14(13)21(12)9-7-18-16(23)11-20-8-6-15(22)19-17(20)24/h2-6,8,12H,7,9-11H2,1H3,(H,18,23)(H,19,22,24). The summed E-state index contributed by atoms with van der Waals surface area (Å²) in [6.45, 7) is 3.27. The Morgan fingerprint density at radius 3 is 2.88 bits per heavy atom. The van der Waals surface area contributed by atoms with E-state index in [1.807, 2.05) is 12.1 Å².